The highest BCUT2D eigenvalue weighted by molar-refractivity contribution is 6.74. The van der Waals surface area contributed by atoms with Gasteiger partial charge in [-0.3, -0.25) is 4.79 Å². The number of amides is 1. The van der Waals surface area contributed by atoms with Gasteiger partial charge in [-0.1, -0.05) is 32.8 Å². The number of hydrogen-bond donors (Lipinski definition) is 0. The lowest BCUT2D eigenvalue weighted by Crippen LogP contribution is -2.65. The number of nitrogens with zero attached hydrogens (tertiary/aromatic N) is 1. The van der Waals surface area contributed by atoms with E-state index in [1.807, 2.05) is 13.0 Å². The lowest BCUT2D eigenvalue weighted by molar-refractivity contribution is -0.158. The normalized spacial score (nSPS) is 24.2. The molecule has 0 aromatic carbocycles. The van der Waals surface area contributed by atoms with Crippen LogP contribution >= 0.6 is 0 Å². The number of carbonyl (C=O) groups is 1. The summed E-state index contributed by atoms with van der Waals surface area (Å²) in [7, 11) is -1.89. The summed E-state index contributed by atoms with van der Waals surface area (Å²) in [4.78, 5) is 14.1. The van der Waals surface area contributed by atoms with E-state index in [0.717, 1.165) is 6.42 Å². The highest BCUT2D eigenvalue weighted by Crippen LogP contribution is 2.40. The van der Waals surface area contributed by atoms with Crippen molar-refractivity contribution in [1.29, 1.82) is 0 Å². The van der Waals surface area contributed by atoms with Gasteiger partial charge in [0.15, 0.2) is 8.32 Å². The quantitative estimate of drug-likeness (QED) is 0.326. The van der Waals surface area contributed by atoms with Crippen LogP contribution in [0.5, 0.6) is 0 Å². The molecule has 0 radical (unpaired) electrons. The van der Waals surface area contributed by atoms with Gasteiger partial charge in [0.25, 0.3) is 0 Å². The molecule has 0 bridgehead atoms. The topological polar surface area (TPSA) is 29.5 Å². The molecule has 118 valence electrons. The number of carbonyl (C=O) groups excluding carboxylic acids is 1. The zero-order chi connectivity index (χ0) is 16.4. The third kappa shape index (κ3) is 3.59. The summed E-state index contributed by atoms with van der Waals surface area (Å²) in [6, 6.07) is -0.141. The molecular formula is C17H29NO2Si. The summed E-state index contributed by atoms with van der Waals surface area (Å²) in [6.45, 7) is 17.3. The van der Waals surface area contributed by atoms with Crippen molar-refractivity contribution in [1.82, 2.24) is 4.90 Å². The van der Waals surface area contributed by atoms with E-state index < -0.39 is 8.32 Å². The molecule has 3 nitrogen and oxygen atoms in total. The van der Waals surface area contributed by atoms with E-state index in [4.69, 9.17) is 10.8 Å². The molecule has 21 heavy (non-hydrogen) atoms. The van der Waals surface area contributed by atoms with Crippen molar-refractivity contribution < 1.29 is 9.22 Å². The van der Waals surface area contributed by atoms with E-state index in [2.05, 4.69) is 46.4 Å². The Labute approximate surface area is 130 Å². The second-order valence-electron chi connectivity index (χ2n) is 7.33. The molecule has 1 fully saturated rings. The number of hydrogen-bond acceptors (Lipinski definition) is 2. The smallest absolute Gasteiger partial charge is 0.232 e. The molecular weight excluding hydrogens is 278 g/mol. The Balaban J connectivity index is 2.76. The number of terminal acetylenes is 1. The van der Waals surface area contributed by atoms with Crippen LogP contribution in [-0.2, 0) is 9.22 Å². The van der Waals surface area contributed by atoms with Crippen LogP contribution in [0.15, 0.2) is 12.7 Å². The second kappa shape index (κ2) is 6.37. The fourth-order valence-corrected chi connectivity index (χ4v) is 3.85. The molecule has 0 aromatic heterocycles. The first-order chi connectivity index (χ1) is 9.56. The van der Waals surface area contributed by atoms with Crippen LogP contribution in [0.1, 0.15) is 34.1 Å². The fraction of sp³-hybridized carbons (Fsp3) is 0.706. The Hall–Kier alpha value is -1.05. The van der Waals surface area contributed by atoms with Gasteiger partial charge >= 0.3 is 0 Å². The second-order valence-corrected chi connectivity index (χ2v) is 12.1. The highest BCUT2D eigenvalue weighted by atomic mass is 28.4. The summed E-state index contributed by atoms with van der Waals surface area (Å²) < 4.78 is 6.34. The minimum atomic E-state index is -1.89. The Bertz CT molecular complexity index is 445. The van der Waals surface area contributed by atoms with Crippen LogP contribution in [0.4, 0.5) is 0 Å². The third-order valence-corrected chi connectivity index (χ3v) is 9.35. The molecule has 1 aliphatic rings. The van der Waals surface area contributed by atoms with Crippen LogP contribution in [0, 0.1) is 18.3 Å². The Morgan fingerprint density at radius 2 is 2.10 bits per heavy atom. The minimum Gasteiger partial charge on any atom is -0.413 e. The molecule has 0 N–H and O–H groups in total. The van der Waals surface area contributed by atoms with Gasteiger partial charge in [0, 0.05) is 6.54 Å². The van der Waals surface area contributed by atoms with Crippen molar-refractivity contribution in [2.75, 3.05) is 6.54 Å². The monoisotopic (exact) mass is 307 g/mol. The zero-order valence-electron chi connectivity index (χ0n) is 14.3. The van der Waals surface area contributed by atoms with E-state index in [1.54, 1.807) is 4.90 Å². The Morgan fingerprint density at radius 1 is 1.52 bits per heavy atom. The molecule has 0 unspecified atom stereocenters. The predicted molar refractivity (Wildman–Crippen MR) is 90.4 cm³/mol. The minimum absolute atomic E-state index is 0.117. The first kappa shape index (κ1) is 18.0. The summed E-state index contributed by atoms with van der Waals surface area (Å²) in [5, 5.41) is 0.127. The maximum atomic E-state index is 12.3. The van der Waals surface area contributed by atoms with Gasteiger partial charge in [-0.2, -0.15) is 0 Å². The molecule has 4 heteroatoms. The van der Waals surface area contributed by atoms with E-state index in [1.165, 1.54) is 0 Å². The van der Waals surface area contributed by atoms with Crippen LogP contribution < -0.4 is 0 Å². The first-order valence-corrected chi connectivity index (χ1v) is 10.5. The Morgan fingerprint density at radius 3 is 2.52 bits per heavy atom. The molecule has 1 aliphatic heterocycles. The van der Waals surface area contributed by atoms with E-state index in [-0.39, 0.29) is 29.0 Å². The predicted octanol–water partition coefficient (Wildman–Crippen LogP) is 3.43. The largest absolute Gasteiger partial charge is 0.413 e. The van der Waals surface area contributed by atoms with Crippen LogP contribution in [0.3, 0.4) is 0 Å². The molecule has 0 spiro atoms. The van der Waals surface area contributed by atoms with Gasteiger partial charge in [0.2, 0.25) is 5.91 Å². The van der Waals surface area contributed by atoms with Gasteiger partial charge in [0.05, 0.1) is 12.0 Å². The summed E-state index contributed by atoms with van der Waals surface area (Å²) in [6.07, 6.45) is 8.08. The van der Waals surface area contributed by atoms with Gasteiger partial charge in [0.1, 0.15) is 6.04 Å². The number of β-lactam (4-membered cyclic amide) rings is 1. The van der Waals surface area contributed by atoms with Crippen LogP contribution in [-0.4, -0.2) is 37.8 Å². The molecule has 1 amide bonds. The van der Waals surface area contributed by atoms with Crippen LogP contribution in [0.25, 0.3) is 0 Å². The average molecular weight is 308 g/mol. The van der Waals surface area contributed by atoms with Crippen molar-refractivity contribution in [3.63, 3.8) is 0 Å². The molecule has 3 atom stereocenters. The zero-order valence-corrected chi connectivity index (χ0v) is 15.3. The SMILES string of the molecule is C#C[C@@H]1[C@@H]([C@@H](C)O[Si](C)(C)C(C)(C)C)C(=O)N1CCC=C. The van der Waals surface area contributed by atoms with Crippen molar-refractivity contribution in [2.45, 2.75) is 64.4 Å². The van der Waals surface area contributed by atoms with E-state index >= 15 is 0 Å². The van der Waals surface area contributed by atoms with Crippen molar-refractivity contribution in [3.05, 3.63) is 12.7 Å². The maximum absolute atomic E-state index is 12.3. The summed E-state index contributed by atoms with van der Waals surface area (Å²) >= 11 is 0. The molecule has 1 saturated heterocycles. The molecule has 0 saturated carbocycles. The van der Waals surface area contributed by atoms with Gasteiger partial charge in [-0.05, 0) is 31.5 Å². The lowest BCUT2D eigenvalue weighted by Gasteiger charge is -2.49. The average Bonchev–Trinajstić information content (AvgIpc) is 2.33. The molecule has 1 rings (SSSR count). The van der Waals surface area contributed by atoms with Crippen LogP contribution in [0.2, 0.25) is 18.1 Å². The summed E-state index contributed by atoms with van der Waals surface area (Å²) in [5.74, 6) is 2.67. The van der Waals surface area contributed by atoms with Crippen molar-refractivity contribution >= 4 is 14.2 Å². The number of likely N-dealkylation sites (tertiary alicyclic amines) is 1. The van der Waals surface area contributed by atoms with E-state index in [0.29, 0.717) is 6.54 Å². The fourth-order valence-electron chi connectivity index (χ4n) is 2.42. The lowest BCUT2D eigenvalue weighted by atomic mass is 9.83. The van der Waals surface area contributed by atoms with E-state index in [9.17, 15) is 4.79 Å². The molecule has 1 heterocycles. The molecule has 0 aromatic rings. The van der Waals surface area contributed by atoms with Gasteiger partial charge < -0.3 is 9.33 Å². The van der Waals surface area contributed by atoms with Gasteiger partial charge in [-0.25, -0.2) is 0 Å². The third-order valence-electron chi connectivity index (χ3n) is 4.78. The van der Waals surface area contributed by atoms with Crippen molar-refractivity contribution in [2.24, 2.45) is 5.92 Å². The number of rotatable bonds is 6. The van der Waals surface area contributed by atoms with Gasteiger partial charge in [-0.15, -0.1) is 13.0 Å². The molecule has 0 aliphatic carbocycles. The Kier molecular flexibility index (Phi) is 5.46. The highest BCUT2D eigenvalue weighted by Gasteiger charge is 2.51. The standard InChI is InChI=1S/C17H29NO2Si/c1-9-11-12-18-14(10-2)15(16(18)19)13(3)20-21(7,8)17(4,5)6/h2,9,13-15H,1,11-12H2,3-8H3/t13-,14-,15-/m1/s1. The maximum Gasteiger partial charge on any atom is 0.232 e. The van der Waals surface area contributed by atoms with Crippen molar-refractivity contribution in [3.8, 4) is 12.3 Å². The first-order valence-electron chi connectivity index (χ1n) is 7.62. The summed E-state index contributed by atoms with van der Waals surface area (Å²) in [5.41, 5.74) is 0.